The summed E-state index contributed by atoms with van der Waals surface area (Å²) in [6.07, 6.45) is 11.3. The third-order valence-electron chi connectivity index (χ3n) is 9.68. The number of benzene rings is 6. The summed E-state index contributed by atoms with van der Waals surface area (Å²) in [7, 11) is 1.67. The largest absolute Gasteiger partial charge is 0.505 e. The summed E-state index contributed by atoms with van der Waals surface area (Å²) in [5.41, 5.74) is 15.6. The van der Waals surface area contributed by atoms with Crippen LogP contribution in [0.2, 0.25) is 0 Å². The molecule has 54 heavy (non-hydrogen) atoms. The van der Waals surface area contributed by atoms with Crippen LogP contribution in [0.15, 0.2) is 164 Å². The van der Waals surface area contributed by atoms with Gasteiger partial charge in [-0.15, -0.1) is 0 Å². The number of hydrogen-bond donors (Lipinski definition) is 0. The van der Waals surface area contributed by atoms with Crippen LogP contribution in [0, 0.1) is 23.7 Å². The molecule has 0 spiro atoms. The Bertz CT molecular complexity index is 2330. The molecule has 0 aliphatic rings. The van der Waals surface area contributed by atoms with E-state index in [0.29, 0.717) is 12.3 Å². The van der Waals surface area contributed by atoms with Crippen molar-refractivity contribution < 1.29 is 4.74 Å². The predicted molar refractivity (Wildman–Crippen MR) is 229 cm³/mol. The van der Waals surface area contributed by atoms with Gasteiger partial charge in [0.1, 0.15) is 0 Å². The van der Waals surface area contributed by atoms with Gasteiger partial charge in [-0.05, 0) is 135 Å². The van der Waals surface area contributed by atoms with E-state index in [1.54, 1.807) is 13.4 Å². The first-order valence-corrected chi connectivity index (χ1v) is 18.9. The van der Waals surface area contributed by atoms with Crippen LogP contribution in [0.5, 0.6) is 0 Å². The van der Waals surface area contributed by atoms with Crippen molar-refractivity contribution in [1.29, 1.82) is 0 Å². The summed E-state index contributed by atoms with van der Waals surface area (Å²) in [4.78, 5) is 0. The number of ether oxygens (including phenoxy) is 1. The van der Waals surface area contributed by atoms with E-state index in [9.17, 15) is 0 Å². The van der Waals surface area contributed by atoms with Crippen LogP contribution in [-0.2, 0) is 30.4 Å². The molecular formula is C53H48O. The van der Waals surface area contributed by atoms with Crippen LogP contribution in [0.3, 0.4) is 0 Å². The Labute approximate surface area is 323 Å². The van der Waals surface area contributed by atoms with E-state index < -0.39 is 0 Å². The van der Waals surface area contributed by atoms with E-state index in [-0.39, 0.29) is 0 Å². The fourth-order valence-electron chi connectivity index (χ4n) is 6.54. The minimum Gasteiger partial charge on any atom is -0.505 e. The van der Waals surface area contributed by atoms with Gasteiger partial charge in [0, 0.05) is 24.0 Å². The summed E-state index contributed by atoms with van der Waals surface area (Å²) in [6, 6.07) is 50.3. The second-order valence-electron chi connectivity index (χ2n) is 13.8. The molecule has 0 heterocycles. The first-order valence-electron chi connectivity index (χ1n) is 18.9. The molecule has 0 saturated heterocycles. The average Bonchev–Trinajstić information content (AvgIpc) is 3.21. The third-order valence-corrected chi connectivity index (χ3v) is 9.68. The van der Waals surface area contributed by atoms with Gasteiger partial charge in [-0.3, -0.25) is 0 Å². The smallest absolute Gasteiger partial charge is 0.0788 e. The number of rotatable bonds is 11. The van der Waals surface area contributed by atoms with Gasteiger partial charge < -0.3 is 4.74 Å². The highest BCUT2D eigenvalue weighted by Crippen LogP contribution is 2.34. The van der Waals surface area contributed by atoms with E-state index in [0.717, 1.165) is 36.0 Å². The number of allylic oxidation sites excluding steroid dienone is 3. The summed E-state index contributed by atoms with van der Waals surface area (Å²) in [5, 5.41) is 0. The fraction of sp³-hybridized carbons (Fsp3) is 0.170. The first-order chi connectivity index (χ1) is 26.5. The van der Waals surface area contributed by atoms with Gasteiger partial charge in [0.2, 0.25) is 0 Å². The quantitative estimate of drug-likeness (QED) is 0.0743. The van der Waals surface area contributed by atoms with E-state index in [4.69, 9.17) is 4.74 Å². The van der Waals surface area contributed by atoms with E-state index in [2.05, 4.69) is 196 Å². The van der Waals surface area contributed by atoms with Crippen LogP contribution in [0.4, 0.5) is 0 Å². The zero-order chi connectivity index (χ0) is 37.5. The average molecular weight is 701 g/mol. The lowest BCUT2D eigenvalue weighted by Crippen LogP contribution is -1.91. The molecule has 0 aliphatic carbocycles. The van der Waals surface area contributed by atoms with Gasteiger partial charge in [-0.1, -0.05) is 147 Å². The fourth-order valence-corrected chi connectivity index (χ4v) is 6.54. The lowest BCUT2D eigenvalue weighted by Gasteiger charge is -2.13. The summed E-state index contributed by atoms with van der Waals surface area (Å²) >= 11 is 0. The van der Waals surface area contributed by atoms with E-state index in [1.165, 1.54) is 55.6 Å². The third kappa shape index (κ3) is 10.2. The molecule has 0 amide bonds. The molecule has 0 aliphatic heterocycles. The standard InChI is InChI=1S/C53H48O/c1-5-6-16-44-17-7-8-18-45(44)21-11-14-41-24-28-48(29-25-41)51-37-52(39-53(38-51)50-34-32-43(33-35-50)40(2)3)49-30-26-42(27-31-49)15-12-22-46-19-9-10-20-47(46)23-13-36-54-4/h5-10,13,17-20,24-40H,16,21-23H2,1-4H3/b6-5+,36-13+. The molecule has 6 aromatic rings. The monoisotopic (exact) mass is 700 g/mol. The van der Waals surface area contributed by atoms with Crippen LogP contribution >= 0.6 is 0 Å². The van der Waals surface area contributed by atoms with Crippen molar-refractivity contribution in [2.75, 3.05) is 7.11 Å². The number of hydrogen-bond acceptors (Lipinski definition) is 1. The van der Waals surface area contributed by atoms with Crippen molar-refractivity contribution in [2.45, 2.75) is 52.4 Å². The lowest BCUT2D eigenvalue weighted by molar-refractivity contribution is 0.337. The Hall–Kier alpha value is -6.28. The molecule has 0 atom stereocenters. The maximum Gasteiger partial charge on any atom is 0.0788 e. The topological polar surface area (TPSA) is 9.23 Å². The second kappa shape index (κ2) is 19.0. The van der Waals surface area contributed by atoms with Crippen molar-refractivity contribution >= 4 is 0 Å². The molecule has 0 N–H and O–H groups in total. The molecule has 0 bridgehead atoms. The first kappa shape index (κ1) is 37.5. The molecule has 6 rings (SSSR count). The highest BCUT2D eigenvalue weighted by Gasteiger charge is 2.09. The van der Waals surface area contributed by atoms with Gasteiger partial charge in [-0.25, -0.2) is 0 Å². The second-order valence-corrected chi connectivity index (χ2v) is 13.8. The molecule has 0 radical (unpaired) electrons. The Morgan fingerprint density at radius 3 is 1.31 bits per heavy atom. The maximum absolute atomic E-state index is 5.08. The van der Waals surface area contributed by atoms with Crippen molar-refractivity contribution in [1.82, 2.24) is 0 Å². The summed E-state index contributed by atoms with van der Waals surface area (Å²) in [5.74, 6) is 14.1. The number of methoxy groups -OCH3 is 1. The Kier molecular flexibility index (Phi) is 13.2. The molecule has 0 saturated carbocycles. The highest BCUT2D eigenvalue weighted by molar-refractivity contribution is 5.81. The van der Waals surface area contributed by atoms with Crippen molar-refractivity contribution in [3.05, 3.63) is 203 Å². The zero-order valence-corrected chi connectivity index (χ0v) is 31.9. The van der Waals surface area contributed by atoms with Crippen molar-refractivity contribution in [3.8, 4) is 57.1 Å². The van der Waals surface area contributed by atoms with Crippen LogP contribution in [0.25, 0.3) is 33.4 Å². The van der Waals surface area contributed by atoms with E-state index >= 15 is 0 Å². The molecule has 0 aromatic heterocycles. The van der Waals surface area contributed by atoms with Crippen LogP contribution in [-0.4, -0.2) is 7.11 Å². The van der Waals surface area contributed by atoms with Gasteiger partial charge >= 0.3 is 0 Å². The molecule has 266 valence electrons. The van der Waals surface area contributed by atoms with Gasteiger partial charge in [-0.2, -0.15) is 0 Å². The normalized spacial score (nSPS) is 11.0. The zero-order valence-electron chi connectivity index (χ0n) is 31.9. The molecule has 6 aromatic carbocycles. The van der Waals surface area contributed by atoms with Crippen molar-refractivity contribution in [3.63, 3.8) is 0 Å². The van der Waals surface area contributed by atoms with Crippen molar-refractivity contribution in [2.24, 2.45) is 0 Å². The lowest BCUT2D eigenvalue weighted by atomic mass is 9.92. The molecule has 1 nitrogen and oxygen atoms in total. The predicted octanol–water partition coefficient (Wildman–Crippen LogP) is 12.8. The molecular weight excluding hydrogens is 653 g/mol. The highest BCUT2D eigenvalue weighted by atomic mass is 16.5. The van der Waals surface area contributed by atoms with E-state index in [1.807, 2.05) is 6.08 Å². The minimum atomic E-state index is 0.491. The Balaban J connectivity index is 1.25. The molecule has 0 fully saturated rings. The van der Waals surface area contributed by atoms with Crippen LogP contribution in [0.1, 0.15) is 65.6 Å². The summed E-state index contributed by atoms with van der Waals surface area (Å²) in [6.45, 7) is 6.54. The minimum absolute atomic E-state index is 0.491. The Morgan fingerprint density at radius 2 is 0.907 bits per heavy atom. The molecule has 1 heteroatoms. The summed E-state index contributed by atoms with van der Waals surface area (Å²) < 4.78 is 5.08. The SMILES string of the molecule is C/C=C/Cc1ccccc1CC#Cc1ccc(-c2cc(-c3ccc(C#CCc4ccccc4C/C=C/OC)cc3)cc(-c3ccc(C(C)C)cc3)c2)cc1. The van der Waals surface area contributed by atoms with Gasteiger partial charge in [0.05, 0.1) is 13.4 Å². The molecule has 0 unspecified atom stereocenters. The van der Waals surface area contributed by atoms with Gasteiger partial charge in [0.15, 0.2) is 0 Å². The maximum atomic E-state index is 5.08. The Morgan fingerprint density at radius 1 is 0.500 bits per heavy atom. The van der Waals surface area contributed by atoms with Gasteiger partial charge in [0.25, 0.3) is 0 Å². The van der Waals surface area contributed by atoms with Crippen LogP contribution < -0.4 is 0 Å².